The highest BCUT2D eigenvalue weighted by molar-refractivity contribution is 5.88. The quantitative estimate of drug-likeness (QED) is 0.852. The minimum absolute atomic E-state index is 0.556. The zero-order valence-corrected chi connectivity index (χ0v) is 12.6. The Balaban J connectivity index is 1.50. The van der Waals surface area contributed by atoms with Crippen LogP contribution in [0.1, 0.15) is 19.3 Å². The largest absolute Gasteiger partial charge is 0.354 e. The number of aromatic nitrogens is 1. The zero-order valence-electron chi connectivity index (χ0n) is 12.6. The number of benzene rings is 1. The number of hydrogen-bond acceptors (Lipinski definition) is 5. The van der Waals surface area contributed by atoms with E-state index in [1.807, 2.05) is 18.2 Å². The summed E-state index contributed by atoms with van der Waals surface area (Å²) in [6.07, 6.45) is 3.04. The fraction of sp³-hybridized carbons (Fsp3) is 0.529. The number of nitrogens with zero attached hydrogens (tertiary/aromatic N) is 4. The van der Waals surface area contributed by atoms with Crippen LogP contribution in [0.4, 0.5) is 5.82 Å². The molecule has 0 spiro atoms. The van der Waals surface area contributed by atoms with E-state index < -0.39 is 0 Å². The summed E-state index contributed by atoms with van der Waals surface area (Å²) < 4.78 is 5.45. The molecule has 0 bridgehead atoms. The third-order valence-corrected chi connectivity index (χ3v) is 5.04. The maximum atomic E-state index is 8.89. The molecule has 0 radical (unpaired) electrons. The second-order valence-electron chi connectivity index (χ2n) is 6.40. The Morgan fingerprint density at radius 2 is 2.14 bits per heavy atom. The molecule has 5 heteroatoms. The summed E-state index contributed by atoms with van der Waals surface area (Å²) in [5.74, 6) is 1.54. The van der Waals surface area contributed by atoms with E-state index in [-0.39, 0.29) is 0 Å². The van der Waals surface area contributed by atoms with Gasteiger partial charge in [0.2, 0.25) is 0 Å². The van der Waals surface area contributed by atoms with Crippen molar-refractivity contribution >= 4 is 16.8 Å². The minimum atomic E-state index is 0.556. The fourth-order valence-corrected chi connectivity index (χ4v) is 3.85. The summed E-state index contributed by atoms with van der Waals surface area (Å²) in [6.45, 7) is 4.11. The average molecular weight is 296 g/mol. The van der Waals surface area contributed by atoms with Gasteiger partial charge in [-0.1, -0.05) is 17.3 Å². The average Bonchev–Trinajstić information content (AvgIpc) is 2.99. The molecule has 2 aliphatic heterocycles. The number of rotatable bonds is 2. The van der Waals surface area contributed by atoms with Gasteiger partial charge in [-0.2, -0.15) is 5.26 Å². The fourth-order valence-electron chi connectivity index (χ4n) is 3.85. The molecule has 22 heavy (non-hydrogen) atoms. The number of piperidine rings is 1. The van der Waals surface area contributed by atoms with Crippen molar-refractivity contribution < 1.29 is 4.52 Å². The number of fused-ring (bicyclic) bond motifs is 2. The van der Waals surface area contributed by atoms with E-state index in [9.17, 15) is 0 Å². The van der Waals surface area contributed by atoms with Gasteiger partial charge < -0.3 is 9.42 Å². The lowest BCUT2D eigenvalue weighted by Gasteiger charge is -2.46. The van der Waals surface area contributed by atoms with E-state index in [1.165, 1.54) is 12.8 Å². The third kappa shape index (κ3) is 2.34. The minimum Gasteiger partial charge on any atom is -0.354 e. The van der Waals surface area contributed by atoms with Crippen LogP contribution in [0.25, 0.3) is 11.0 Å². The molecule has 2 atom stereocenters. The van der Waals surface area contributed by atoms with Crippen molar-refractivity contribution in [2.45, 2.75) is 25.3 Å². The number of piperazine rings is 1. The van der Waals surface area contributed by atoms with Crippen molar-refractivity contribution in [1.29, 1.82) is 5.26 Å². The van der Waals surface area contributed by atoms with Gasteiger partial charge in [0, 0.05) is 38.6 Å². The summed E-state index contributed by atoms with van der Waals surface area (Å²) in [5.41, 5.74) is 0.859. The Kier molecular flexibility index (Phi) is 3.47. The maximum Gasteiger partial charge on any atom is 0.180 e. The summed E-state index contributed by atoms with van der Waals surface area (Å²) in [4.78, 5) is 4.92. The number of hydrogen-bond donors (Lipinski definition) is 0. The van der Waals surface area contributed by atoms with E-state index in [0.717, 1.165) is 43.0 Å². The number of para-hydroxylation sites is 1. The predicted molar refractivity (Wildman–Crippen MR) is 84.5 cm³/mol. The monoisotopic (exact) mass is 296 g/mol. The van der Waals surface area contributed by atoms with Crippen LogP contribution >= 0.6 is 0 Å². The first kappa shape index (κ1) is 13.6. The van der Waals surface area contributed by atoms with Crippen LogP contribution in [0.2, 0.25) is 0 Å². The van der Waals surface area contributed by atoms with Crippen molar-refractivity contribution in [2.24, 2.45) is 5.92 Å². The highest BCUT2D eigenvalue weighted by atomic mass is 16.5. The summed E-state index contributed by atoms with van der Waals surface area (Å²) in [7, 11) is 0. The normalized spacial score (nSPS) is 25.9. The summed E-state index contributed by atoms with van der Waals surface area (Å²) in [6, 6.07) is 11.0. The van der Waals surface area contributed by atoms with Crippen LogP contribution in [-0.2, 0) is 0 Å². The van der Waals surface area contributed by atoms with Crippen LogP contribution in [0.15, 0.2) is 28.8 Å². The van der Waals surface area contributed by atoms with Crippen molar-refractivity contribution in [3.63, 3.8) is 0 Å². The van der Waals surface area contributed by atoms with Crippen LogP contribution in [0.3, 0.4) is 0 Å². The first-order valence-electron chi connectivity index (χ1n) is 8.05. The van der Waals surface area contributed by atoms with E-state index in [2.05, 4.69) is 27.1 Å². The summed E-state index contributed by atoms with van der Waals surface area (Å²) >= 11 is 0. The molecule has 1 aromatic heterocycles. The standard InChI is InChI=1S/C17H20N4O/c18-8-7-13-5-6-14-12-21(10-9-20(14)11-13)17-15-3-1-2-4-16(15)22-19-17/h1-4,13-14H,5-7,9-12H2/t13-,14+/m1/s1. The van der Waals surface area contributed by atoms with E-state index in [4.69, 9.17) is 9.78 Å². The first-order valence-corrected chi connectivity index (χ1v) is 8.05. The van der Waals surface area contributed by atoms with Gasteiger partial charge in [0.15, 0.2) is 11.4 Å². The van der Waals surface area contributed by atoms with E-state index in [1.54, 1.807) is 0 Å². The molecule has 0 saturated carbocycles. The Morgan fingerprint density at radius 3 is 3.05 bits per heavy atom. The molecule has 0 amide bonds. The molecule has 4 rings (SSSR count). The van der Waals surface area contributed by atoms with E-state index >= 15 is 0 Å². The van der Waals surface area contributed by atoms with Gasteiger partial charge in [-0.25, -0.2) is 0 Å². The number of anilines is 1. The predicted octanol–water partition coefficient (Wildman–Crippen LogP) is 2.64. The molecule has 5 nitrogen and oxygen atoms in total. The van der Waals surface area contributed by atoms with Crippen molar-refractivity contribution in [2.75, 3.05) is 31.1 Å². The SMILES string of the molecule is N#CC[C@H]1CC[C@H]2CN(c3noc4ccccc34)CCN2C1. The molecular formula is C17H20N4O. The molecular weight excluding hydrogens is 276 g/mol. The topological polar surface area (TPSA) is 56.3 Å². The van der Waals surface area contributed by atoms with Gasteiger partial charge in [-0.05, 0) is 30.9 Å². The Labute approximate surface area is 130 Å². The van der Waals surface area contributed by atoms with Crippen LogP contribution < -0.4 is 4.90 Å². The Bertz CT molecular complexity index is 704. The maximum absolute atomic E-state index is 8.89. The molecule has 0 unspecified atom stereocenters. The molecule has 114 valence electrons. The first-order chi connectivity index (χ1) is 10.8. The second-order valence-corrected chi connectivity index (χ2v) is 6.40. The molecule has 2 aliphatic rings. The molecule has 2 aromatic rings. The lowest BCUT2D eigenvalue weighted by atomic mass is 9.89. The smallest absolute Gasteiger partial charge is 0.180 e. The van der Waals surface area contributed by atoms with Gasteiger partial charge in [0.1, 0.15) is 0 Å². The highest BCUT2D eigenvalue weighted by Crippen LogP contribution is 2.31. The van der Waals surface area contributed by atoms with Gasteiger partial charge in [0.05, 0.1) is 11.5 Å². The van der Waals surface area contributed by atoms with Gasteiger partial charge in [0.25, 0.3) is 0 Å². The summed E-state index contributed by atoms with van der Waals surface area (Å²) in [5, 5.41) is 14.3. The Hall–Kier alpha value is -2.06. The highest BCUT2D eigenvalue weighted by Gasteiger charge is 2.33. The zero-order chi connectivity index (χ0) is 14.9. The van der Waals surface area contributed by atoms with Gasteiger partial charge in [-0.15, -0.1) is 0 Å². The lowest BCUT2D eigenvalue weighted by molar-refractivity contribution is 0.0968. The van der Waals surface area contributed by atoms with Crippen LogP contribution in [-0.4, -0.2) is 42.3 Å². The second kappa shape index (κ2) is 5.62. The lowest BCUT2D eigenvalue weighted by Crippen LogP contribution is -2.56. The molecule has 3 heterocycles. The van der Waals surface area contributed by atoms with Gasteiger partial charge >= 0.3 is 0 Å². The molecule has 2 fully saturated rings. The third-order valence-electron chi connectivity index (χ3n) is 5.04. The number of nitriles is 1. The van der Waals surface area contributed by atoms with Crippen LogP contribution in [0, 0.1) is 17.2 Å². The van der Waals surface area contributed by atoms with Crippen molar-refractivity contribution in [1.82, 2.24) is 10.1 Å². The molecule has 0 aliphatic carbocycles. The van der Waals surface area contributed by atoms with Crippen molar-refractivity contribution in [3.05, 3.63) is 24.3 Å². The molecule has 2 saturated heterocycles. The van der Waals surface area contributed by atoms with Gasteiger partial charge in [-0.3, -0.25) is 4.90 Å². The van der Waals surface area contributed by atoms with E-state index in [0.29, 0.717) is 18.4 Å². The molecule has 1 aromatic carbocycles. The van der Waals surface area contributed by atoms with Crippen LogP contribution in [0.5, 0.6) is 0 Å². The molecule has 0 N–H and O–H groups in total. The Morgan fingerprint density at radius 1 is 1.23 bits per heavy atom. The van der Waals surface area contributed by atoms with Crippen molar-refractivity contribution in [3.8, 4) is 6.07 Å².